The van der Waals surface area contributed by atoms with Gasteiger partial charge in [0.25, 0.3) is 0 Å². The molecular formula is C11H14. The molecule has 0 aromatic heterocycles. The summed E-state index contributed by atoms with van der Waals surface area (Å²) in [5.41, 5.74) is 3.14. The van der Waals surface area contributed by atoms with Gasteiger partial charge < -0.3 is 0 Å². The Kier molecular flexibility index (Phi) is 1.49. The van der Waals surface area contributed by atoms with Gasteiger partial charge in [0, 0.05) is 0 Å². The normalized spacial score (nSPS) is 28.5. The van der Waals surface area contributed by atoms with Crippen molar-refractivity contribution in [2.45, 2.75) is 32.1 Å². The minimum Gasteiger partial charge on any atom is -0.0620 e. The first kappa shape index (κ1) is 6.90. The van der Waals surface area contributed by atoms with Crippen LogP contribution in [0.5, 0.6) is 0 Å². The molecule has 58 valence electrons. The number of fused-ring (bicyclic) bond motifs is 1. The fourth-order valence-corrected chi connectivity index (χ4v) is 2.19. The second-order valence-corrected chi connectivity index (χ2v) is 3.67. The molecule has 11 heavy (non-hydrogen) atoms. The zero-order valence-electron chi connectivity index (χ0n) is 7.17. The summed E-state index contributed by atoms with van der Waals surface area (Å²) < 4.78 is 0. The average Bonchev–Trinajstić information content (AvgIpc) is 2.30. The quantitative estimate of drug-likeness (QED) is 0.527. The third-order valence-corrected chi connectivity index (χ3v) is 2.76. The van der Waals surface area contributed by atoms with E-state index < -0.39 is 0 Å². The fourth-order valence-electron chi connectivity index (χ4n) is 2.19. The summed E-state index contributed by atoms with van der Waals surface area (Å²) >= 11 is 0. The first-order valence-electron chi connectivity index (χ1n) is 4.38. The smallest absolute Gasteiger partial charge is 0.0182 e. The summed E-state index contributed by atoms with van der Waals surface area (Å²) in [6.07, 6.45) is 1.33. The molecule has 0 aliphatic heterocycles. The molecule has 2 rings (SSSR count). The molecule has 0 heterocycles. The van der Waals surface area contributed by atoms with Crippen LogP contribution in [-0.4, -0.2) is 0 Å². The van der Waals surface area contributed by atoms with Crippen molar-refractivity contribution in [3.63, 3.8) is 0 Å². The molecular weight excluding hydrogens is 132 g/mol. The van der Waals surface area contributed by atoms with Crippen LogP contribution in [0.3, 0.4) is 0 Å². The lowest BCUT2D eigenvalue weighted by molar-refractivity contribution is 0.661. The summed E-state index contributed by atoms with van der Waals surface area (Å²) in [5, 5.41) is 0. The van der Waals surface area contributed by atoms with Gasteiger partial charge in [0.15, 0.2) is 0 Å². The molecule has 2 atom stereocenters. The molecule has 0 saturated carbocycles. The average molecular weight is 146 g/mol. The van der Waals surface area contributed by atoms with Gasteiger partial charge in [-0.15, -0.1) is 0 Å². The Balaban J connectivity index is 2.52. The molecule has 1 aliphatic carbocycles. The number of hydrogen-bond acceptors (Lipinski definition) is 0. The van der Waals surface area contributed by atoms with E-state index in [2.05, 4.69) is 38.1 Å². The van der Waals surface area contributed by atoms with E-state index in [1.165, 1.54) is 6.42 Å². The van der Waals surface area contributed by atoms with E-state index in [4.69, 9.17) is 0 Å². The van der Waals surface area contributed by atoms with Gasteiger partial charge in [0.2, 0.25) is 0 Å². The minimum atomic E-state index is 0.779. The van der Waals surface area contributed by atoms with Crippen LogP contribution in [0, 0.1) is 0 Å². The highest BCUT2D eigenvalue weighted by Gasteiger charge is 2.23. The Hall–Kier alpha value is -0.780. The van der Waals surface area contributed by atoms with Crippen LogP contribution in [0.1, 0.15) is 43.2 Å². The molecule has 0 radical (unpaired) electrons. The van der Waals surface area contributed by atoms with E-state index in [0.717, 1.165) is 11.8 Å². The highest BCUT2D eigenvalue weighted by Crippen LogP contribution is 2.40. The summed E-state index contributed by atoms with van der Waals surface area (Å²) in [5.74, 6) is 1.56. The van der Waals surface area contributed by atoms with E-state index in [0.29, 0.717) is 0 Å². The Bertz CT molecular complexity index is 235. The van der Waals surface area contributed by atoms with Gasteiger partial charge in [-0.25, -0.2) is 0 Å². The Morgan fingerprint density at radius 3 is 1.91 bits per heavy atom. The zero-order chi connectivity index (χ0) is 7.84. The molecule has 0 fully saturated rings. The molecule has 1 aromatic carbocycles. The maximum atomic E-state index is 2.32. The van der Waals surface area contributed by atoms with Crippen molar-refractivity contribution in [1.82, 2.24) is 0 Å². The number of rotatable bonds is 0. The summed E-state index contributed by atoms with van der Waals surface area (Å²) in [4.78, 5) is 0. The third kappa shape index (κ3) is 0.973. The summed E-state index contributed by atoms with van der Waals surface area (Å²) in [7, 11) is 0. The predicted molar refractivity (Wildman–Crippen MR) is 47.9 cm³/mol. The first-order valence-corrected chi connectivity index (χ1v) is 4.38. The van der Waals surface area contributed by atoms with Crippen molar-refractivity contribution < 1.29 is 0 Å². The van der Waals surface area contributed by atoms with Gasteiger partial charge in [-0.2, -0.15) is 0 Å². The minimum absolute atomic E-state index is 0.779. The van der Waals surface area contributed by atoms with Crippen LogP contribution in [0.2, 0.25) is 0 Å². The molecule has 1 aliphatic rings. The van der Waals surface area contributed by atoms with Crippen LogP contribution < -0.4 is 0 Å². The van der Waals surface area contributed by atoms with Crippen molar-refractivity contribution in [1.29, 1.82) is 0 Å². The molecule has 0 bridgehead atoms. The molecule has 0 saturated heterocycles. The molecule has 0 unspecified atom stereocenters. The lowest BCUT2D eigenvalue weighted by atomic mass is 10.0. The van der Waals surface area contributed by atoms with Crippen molar-refractivity contribution in [3.05, 3.63) is 35.4 Å². The Morgan fingerprint density at radius 1 is 1.00 bits per heavy atom. The van der Waals surface area contributed by atoms with Crippen LogP contribution in [-0.2, 0) is 0 Å². The van der Waals surface area contributed by atoms with Crippen LogP contribution in [0.4, 0.5) is 0 Å². The predicted octanol–water partition coefficient (Wildman–Crippen LogP) is 3.30. The largest absolute Gasteiger partial charge is 0.0620 e. The zero-order valence-corrected chi connectivity index (χ0v) is 7.17. The van der Waals surface area contributed by atoms with Crippen LogP contribution in [0.15, 0.2) is 24.3 Å². The molecule has 1 aromatic rings. The van der Waals surface area contributed by atoms with Gasteiger partial charge in [0.05, 0.1) is 0 Å². The highest BCUT2D eigenvalue weighted by atomic mass is 14.3. The second-order valence-electron chi connectivity index (χ2n) is 3.67. The Morgan fingerprint density at radius 2 is 1.45 bits per heavy atom. The van der Waals surface area contributed by atoms with Gasteiger partial charge in [-0.05, 0) is 29.4 Å². The van der Waals surface area contributed by atoms with E-state index in [-0.39, 0.29) is 0 Å². The lowest BCUT2D eigenvalue weighted by Gasteiger charge is -2.02. The van der Waals surface area contributed by atoms with E-state index in [9.17, 15) is 0 Å². The van der Waals surface area contributed by atoms with Crippen LogP contribution >= 0.6 is 0 Å². The van der Waals surface area contributed by atoms with Crippen molar-refractivity contribution in [2.24, 2.45) is 0 Å². The van der Waals surface area contributed by atoms with E-state index in [1.807, 2.05) is 0 Å². The van der Waals surface area contributed by atoms with Gasteiger partial charge in [0.1, 0.15) is 0 Å². The fraction of sp³-hybridized carbons (Fsp3) is 0.455. The van der Waals surface area contributed by atoms with Gasteiger partial charge in [-0.3, -0.25) is 0 Å². The highest BCUT2D eigenvalue weighted by molar-refractivity contribution is 5.37. The van der Waals surface area contributed by atoms with E-state index >= 15 is 0 Å². The standard InChI is InChI=1S/C11H14/c1-8-7-9(2)11-6-4-3-5-10(8)11/h3-6,8-9H,7H2,1-2H3/t8-,9+. The molecule has 0 spiro atoms. The molecule has 0 amide bonds. The Labute approximate surface area is 68.3 Å². The SMILES string of the molecule is C[C@@H]1C[C@H](C)c2ccccc21. The second kappa shape index (κ2) is 2.37. The molecule has 0 heteroatoms. The van der Waals surface area contributed by atoms with Crippen LogP contribution in [0.25, 0.3) is 0 Å². The maximum Gasteiger partial charge on any atom is -0.0182 e. The van der Waals surface area contributed by atoms with Crippen molar-refractivity contribution >= 4 is 0 Å². The number of hydrogen-bond donors (Lipinski definition) is 0. The molecule has 0 nitrogen and oxygen atoms in total. The van der Waals surface area contributed by atoms with Gasteiger partial charge >= 0.3 is 0 Å². The van der Waals surface area contributed by atoms with Gasteiger partial charge in [-0.1, -0.05) is 38.1 Å². The topological polar surface area (TPSA) is 0 Å². The molecule has 0 N–H and O–H groups in total. The summed E-state index contributed by atoms with van der Waals surface area (Å²) in [6, 6.07) is 8.83. The maximum absolute atomic E-state index is 2.32. The van der Waals surface area contributed by atoms with E-state index in [1.54, 1.807) is 11.1 Å². The lowest BCUT2D eigenvalue weighted by Crippen LogP contribution is -1.84. The monoisotopic (exact) mass is 146 g/mol. The van der Waals surface area contributed by atoms with Crippen molar-refractivity contribution in [3.8, 4) is 0 Å². The van der Waals surface area contributed by atoms with Crippen molar-refractivity contribution in [2.75, 3.05) is 0 Å². The number of benzene rings is 1. The summed E-state index contributed by atoms with van der Waals surface area (Å²) in [6.45, 7) is 4.64. The first-order chi connectivity index (χ1) is 5.29. The third-order valence-electron chi connectivity index (χ3n) is 2.76.